The molecule has 9 rings (SSSR count). The fourth-order valence-electron chi connectivity index (χ4n) is 6.57. The second kappa shape index (κ2) is 8.54. The van der Waals surface area contributed by atoms with Gasteiger partial charge in [-0.25, -0.2) is 9.98 Å². The third kappa shape index (κ3) is 3.17. The highest BCUT2D eigenvalue weighted by atomic mass is 16.5. The lowest BCUT2D eigenvalue weighted by Gasteiger charge is -2.21. The first kappa shape index (κ1) is 22.4. The molecule has 2 aliphatic heterocycles. The van der Waals surface area contributed by atoms with Crippen molar-refractivity contribution in [1.82, 2.24) is 9.13 Å². The first-order chi connectivity index (χ1) is 20.4. The van der Waals surface area contributed by atoms with Gasteiger partial charge in [0.05, 0.1) is 34.0 Å². The highest BCUT2D eigenvalue weighted by molar-refractivity contribution is 6.27. The van der Waals surface area contributed by atoms with Gasteiger partial charge in [0.2, 0.25) is 5.96 Å². The Bertz CT molecular complexity index is 2210. The Morgan fingerprint density at radius 1 is 0.585 bits per heavy atom. The molecular formula is C36H24N4O. The van der Waals surface area contributed by atoms with Crippen LogP contribution < -0.4 is 0 Å². The molecule has 0 aliphatic carbocycles. The van der Waals surface area contributed by atoms with Crippen LogP contribution in [0.1, 0.15) is 5.56 Å². The van der Waals surface area contributed by atoms with E-state index in [9.17, 15) is 0 Å². The van der Waals surface area contributed by atoms with Gasteiger partial charge < -0.3 is 9.30 Å². The Hall–Kier alpha value is -5.42. The number of ether oxygens (including phenoxy) is 1. The molecule has 4 heterocycles. The fourth-order valence-corrected chi connectivity index (χ4v) is 6.57. The molecule has 0 saturated carbocycles. The van der Waals surface area contributed by atoms with Crippen LogP contribution in [0.5, 0.6) is 0 Å². The average molecular weight is 529 g/mol. The first-order valence-electron chi connectivity index (χ1n) is 13.9. The summed E-state index contributed by atoms with van der Waals surface area (Å²) in [6, 6.07) is 42.6. The predicted octanol–water partition coefficient (Wildman–Crippen LogP) is 7.88. The number of benzene rings is 5. The van der Waals surface area contributed by atoms with E-state index in [0.29, 0.717) is 12.6 Å². The maximum atomic E-state index is 5.90. The molecule has 41 heavy (non-hydrogen) atoms. The molecule has 5 aromatic carbocycles. The Balaban J connectivity index is 1.37. The zero-order chi connectivity index (χ0) is 26.9. The second-order valence-corrected chi connectivity index (χ2v) is 10.6. The molecule has 1 atom stereocenters. The van der Waals surface area contributed by atoms with Crippen LogP contribution in [-0.2, 0) is 4.74 Å². The lowest BCUT2D eigenvalue weighted by Crippen LogP contribution is -2.27. The number of hydrogen-bond acceptors (Lipinski definition) is 3. The van der Waals surface area contributed by atoms with Gasteiger partial charge in [0.1, 0.15) is 12.6 Å². The monoisotopic (exact) mass is 528 g/mol. The molecule has 194 valence electrons. The summed E-state index contributed by atoms with van der Waals surface area (Å²) in [4.78, 5) is 10.5. The summed E-state index contributed by atoms with van der Waals surface area (Å²) in [6.07, 6.45) is 1.85. The van der Waals surface area contributed by atoms with E-state index in [1.54, 1.807) is 0 Å². The lowest BCUT2D eigenvalue weighted by molar-refractivity contribution is 0.270. The van der Waals surface area contributed by atoms with Crippen LogP contribution in [-0.4, -0.2) is 33.5 Å². The number of fused-ring (bicyclic) bond motifs is 7. The summed E-state index contributed by atoms with van der Waals surface area (Å²) in [6.45, 7) is 0.507. The highest BCUT2D eigenvalue weighted by Gasteiger charge is 2.33. The molecular weight excluding hydrogens is 504 g/mol. The highest BCUT2D eigenvalue weighted by Crippen LogP contribution is 2.37. The van der Waals surface area contributed by atoms with E-state index in [2.05, 4.69) is 130 Å². The number of rotatable bonds is 2. The predicted molar refractivity (Wildman–Crippen MR) is 167 cm³/mol. The van der Waals surface area contributed by atoms with Crippen molar-refractivity contribution in [1.29, 1.82) is 0 Å². The van der Waals surface area contributed by atoms with Gasteiger partial charge in [-0.2, -0.15) is 0 Å². The number of aliphatic imine (C=N–C) groups is 2. The van der Waals surface area contributed by atoms with E-state index in [1.165, 1.54) is 27.1 Å². The van der Waals surface area contributed by atoms with Gasteiger partial charge in [-0.1, -0.05) is 91.0 Å². The van der Waals surface area contributed by atoms with E-state index in [1.807, 2.05) is 6.26 Å². The number of nitrogens with zero attached hydrogens (tertiary/aromatic N) is 4. The standard InChI is InChI=1S/C36H24N4O/c1-2-11-23(12-3-1)39-31-18-7-6-15-26(31)27-16-10-17-28(35(27)39)34-29-21-41-22-30(29)37-36(38-34)40-32-19-8-4-13-24(32)25-14-5-9-20-33(25)40/h1-21,30H,22H2. The second-order valence-electron chi connectivity index (χ2n) is 10.6. The Kier molecular flexibility index (Phi) is 4.66. The molecule has 0 bridgehead atoms. The van der Waals surface area contributed by atoms with Crippen molar-refractivity contribution in [3.63, 3.8) is 0 Å². The van der Waals surface area contributed by atoms with Crippen LogP contribution in [0.15, 0.2) is 143 Å². The molecule has 5 nitrogen and oxygen atoms in total. The van der Waals surface area contributed by atoms with Crippen molar-refractivity contribution in [3.8, 4) is 5.69 Å². The van der Waals surface area contributed by atoms with E-state index >= 15 is 0 Å². The molecule has 0 fully saturated rings. The summed E-state index contributed by atoms with van der Waals surface area (Å²) in [5.74, 6) is 0.685. The van der Waals surface area contributed by atoms with Crippen molar-refractivity contribution in [3.05, 3.63) is 139 Å². The van der Waals surface area contributed by atoms with E-state index in [0.717, 1.165) is 39.1 Å². The van der Waals surface area contributed by atoms with Crippen molar-refractivity contribution < 1.29 is 4.74 Å². The van der Waals surface area contributed by atoms with Gasteiger partial charge in [0, 0.05) is 38.4 Å². The largest absolute Gasteiger partial charge is 0.498 e. The van der Waals surface area contributed by atoms with E-state index in [4.69, 9.17) is 14.7 Å². The van der Waals surface area contributed by atoms with Crippen LogP contribution >= 0.6 is 0 Å². The minimum absolute atomic E-state index is 0.123. The number of para-hydroxylation sites is 5. The molecule has 1 unspecified atom stereocenters. The molecule has 0 saturated heterocycles. The van der Waals surface area contributed by atoms with Gasteiger partial charge >= 0.3 is 0 Å². The summed E-state index contributed by atoms with van der Waals surface area (Å²) in [5.41, 5.74) is 8.61. The van der Waals surface area contributed by atoms with Gasteiger partial charge in [0.25, 0.3) is 0 Å². The molecule has 2 aromatic heterocycles. The molecule has 2 aliphatic rings. The maximum absolute atomic E-state index is 5.90. The van der Waals surface area contributed by atoms with E-state index in [-0.39, 0.29) is 6.04 Å². The molecule has 5 heteroatoms. The van der Waals surface area contributed by atoms with Crippen LogP contribution in [0.4, 0.5) is 0 Å². The first-order valence-corrected chi connectivity index (χ1v) is 13.9. The minimum atomic E-state index is -0.123. The molecule has 0 radical (unpaired) electrons. The van der Waals surface area contributed by atoms with E-state index < -0.39 is 0 Å². The number of hydrogen-bond donors (Lipinski definition) is 0. The number of aromatic nitrogens is 2. The van der Waals surface area contributed by atoms with Crippen LogP contribution in [0, 0.1) is 0 Å². The fraction of sp³-hybridized carbons (Fsp3) is 0.0556. The Morgan fingerprint density at radius 3 is 1.88 bits per heavy atom. The summed E-state index contributed by atoms with van der Waals surface area (Å²) >= 11 is 0. The van der Waals surface area contributed by atoms with Gasteiger partial charge in [-0.3, -0.25) is 4.57 Å². The van der Waals surface area contributed by atoms with Gasteiger partial charge in [0.15, 0.2) is 0 Å². The maximum Gasteiger partial charge on any atom is 0.231 e. The summed E-state index contributed by atoms with van der Waals surface area (Å²) in [5, 5.41) is 4.80. The lowest BCUT2D eigenvalue weighted by atomic mass is 9.95. The molecule has 0 amide bonds. The van der Waals surface area contributed by atoms with Gasteiger partial charge in [-0.15, -0.1) is 0 Å². The summed E-state index contributed by atoms with van der Waals surface area (Å²) < 4.78 is 10.5. The van der Waals surface area contributed by atoms with Gasteiger partial charge in [-0.05, 0) is 30.3 Å². The smallest absolute Gasteiger partial charge is 0.231 e. The average Bonchev–Trinajstić information content (AvgIpc) is 3.73. The summed E-state index contributed by atoms with van der Waals surface area (Å²) in [7, 11) is 0. The molecule has 0 N–H and O–H groups in total. The third-order valence-corrected chi connectivity index (χ3v) is 8.32. The topological polar surface area (TPSA) is 43.8 Å². The van der Waals surface area contributed by atoms with Crippen LogP contribution in [0.25, 0.3) is 49.3 Å². The minimum Gasteiger partial charge on any atom is -0.498 e. The zero-order valence-corrected chi connectivity index (χ0v) is 22.1. The Morgan fingerprint density at radius 2 is 1.17 bits per heavy atom. The molecule has 7 aromatic rings. The van der Waals surface area contributed by atoms with Crippen LogP contribution in [0.3, 0.4) is 0 Å². The quantitative estimate of drug-likeness (QED) is 0.225. The van der Waals surface area contributed by atoms with Crippen molar-refractivity contribution in [2.45, 2.75) is 6.04 Å². The Labute approximate surface area is 236 Å². The normalized spacial score (nSPS) is 16.6. The third-order valence-electron chi connectivity index (χ3n) is 8.32. The van der Waals surface area contributed by atoms with Crippen molar-refractivity contribution in [2.75, 3.05) is 6.61 Å². The van der Waals surface area contributed by atoms with Crippen molar-refractivity contribution in [2.24, 2.45) is 9.98 Å². The SMILES string of the molecule is C1=C2C(c3cccc4c5ccccc5n(-c5ccccc5)c34)=NC(n3c4ccccc4c4ccccc43)=NC2CO1. The molecule has 0 spiro atoms. The van der Waals surface area contributed by atoms with Crippen molar-refractivity contribution >= 4 is 55.3 Å². The van der Waals surface area contributed by atoms with Crippen LogP contribution in [0.2, 0.25) is 0 Å². The zero-order valence-electron chi connectivity index (χ0n) is 22.1.